The molecule has 18 heavy (non-hydrogen) atoms. The Morgan fingerprint density at radius 2 is 1.94 bits per heavy atom. The van der Waals surface area contributed by atoms with Crippen molar-refractivity contribution in [2.45, 2.75) is 13.8 Å². The third kappa shape index (κ3) is 2.31. The highest BCUT2D eigenvalue weighted by molar-refractivity contribution is 6.35. The number of benzene rings is 1. The molecule has 3 nitrogen and oxygen atoms in total. The van der Waals surface area contributed by atoms with Crippen molar-refractivity contribution < 1.29 is 4.79 Å². The van der Waals surface area contributed by atoms with E-state index in [1.807, 2.05) is 32.0 Å². The molecule has 0 atom stereocenters. The summed E-state index contributed by atoms with van der Waals surface area (Å²) in [6.07, 6.45) is 0. The molecule has 0 saturated carbocycles. The molecule has 1 aromatic carbocycles. The minimum absolute atomic E-state index is 0.0539. The van der Waals surface area contributed by atoms with Gasteiger partial charge in [-0.25, -0.2) is 4.98 Å². The van der Waals surface area contributed by atoms with Crippen LogP contribution >= 0.6 is 11.6 Å². The van der Waals surface area contributed by atoms with E-state index < -0.39 is 0 Å². The molecule has 4 heteroatoms. The Kier molecular flexibility index (Phi) is 3.82. The van der Waals surface area contributed by atoms with Crippen LogP contribution < -0.4 is 0 Å². The van der Waals surface area contributed by atoms with E-state index in [4.69, 9.17) is 11.6 Å². The van der Waals surface area contributed by atoms with Crippen molar-refractivity contribution in [1.29, 1.82) is 0 Å². The molecule has 2 aromatic rings. The summed E-state index contributed by atoms with van der Waals surface area (Å²) >= 11 is 6.09. The predicted octanol–water partition coefficient (Wildman–Crippen LogP) is 3.37. The van der Waals surface area contributed by atoms with Gasteiger partial charge in [0, 0.05) is 18.5 Å². The van der Waals surface area contributed by atoms with Gasteiger partial charge in [0.2, 0.25) is 0 Å². The number of halogens is 1. The number of fused-ring (bicyclic) bond motifs is 1. The van der Waals surface area contributed by atoms with Crippen molar-refractivity contribution >= 4 is 28.4 Å². The molecule has 0 radical (unpaired) electrons. The highest BCUT2D eigenvalue weighted by Crippen LogP contribution is 2.21. The van der Waals surface area contributed by atoms with E-state index in [9.17, 15) is 4.79 Å². The van der Waals surface area contributed by atoms with Gasteiger partial charge in [-0.3, -0.25) is 4.79 Å². The molecule has 0 saturated heterocycles. The van der Waals surface area contributed by atoms with Crippen LogP contribution in [0.4, 0.5) is 0 Å². The maximum atomic E-state index is 12.2. The zero-order chi connectivity index (χ0) is 13.1. The second-order valence-electron chi connectivity index (χ2n) is 3.99. The smallest absolute Gasteiger partial charge is 0.272 e. The Hall–Kier alpha value is -1.61. The molecule has 1 aromatic heterocycles. The molecule has 0 aliphatic carbocycles. The number of nitrogens with zero attached hydrogens (tertiary/aromatic N) is 2. The first-order valence-electron chi connectivity index (χ1n) is 6.02. The number of amides is 1. The van der Waals surface area contributed by atoms with Crippen LogP contribution in [-0.4, -0.2) is 28.9 Å². The Morgan fingerprint density at radius 1 is 1.22 bits per heavy atom. The number of carbonyl (C=O) groups is 1. The number of para-hydroxylation sites is 1. The molecule has 94 valence electrons. The average molecular weight is 263 g/mol. The second kappa shape index (κ2) is 5.36. The van der Waals surface area contributed by atoms with Gasteiger partial charge in [0.15, 0.2) is 0 Å². The molecule has 0 N–H and O–H groups in total. The van der Waals surface area contributed by atoms with Crippen LogP contribution in [0.2, 0.25) is 5.02 Å². The lowest BCUT2D eigenvalue weighted by Gasteiger charge is -2.18. The lowest BCUT2D eigenvalue weighted by molar-refractivity contribution is 0.0767. The first kappa shape index (κ1) is 12.8. The van der Waals surface area contributed by atoms with Crippen LogP contribution in [0, 0.1) is 0 Å². The Balaban J connectivity index is 2.47. The fourth-order valence-electron chi connectivity index (χ4n) is 1.90. The van der Waals surface area contributed by atoms with Gasteiger partial charge >= 0.3 is 0 Å². The van der Waals surface area contributed by atoms with E-state index >= 15 is 0 Å². The number of aromatic nitrogens is 1. The van der Waals surface area contributed by atoms with Gasteiger partial charge in [-0.1, -0.05) is 29.8 Å². The van der Waals surface area contributed by atoms with Crippen LogP contribution in [0.1, 0.15) is 24.3 Å². The largest absolute Gasteiger partial charge is 0.338 e. The maximum Gasteiger partial charge on any atom is 0.272 e. The molecule has 1 amide bonds. The zero-order valence-electron chi connectivity index (χ0n) is 10.5. The number of hydrogen-bond donors (Lipinski definition) is 0. The van der Waals surface area contributed by atoms with Gasteiger partial charge in [-0.2, -0.15) is 0 Å². The lowest BCUT2D eigenvalue weighted by atomic mass is 10.2. The maximum absolute atomic E-state index is 12.2. The summed E-state index contributed by atoms with van der Waals surface area (Å²) in [5.41, 5.74) is 1.12. The third-order valence-corrected chi connectivity index (χ3v) is 3.25. The molecule has 0 aliphatic heterocycles. The summed E-state index contributed by atoms with van der Waals surface area (Å²) in [6, 6.07) is 9.21. The van der Waals surface area contributed by atoms with Gasteiger partial charge < -0.3 is 4.90 Å². The van der Waals surface area contributed by atoms with Crippen molar-refractivity contribution in [3.8, 4) is 0 Å². The predicted molar refractivity (Wildman–Crippen MR) is 74.0 cm³/mol. The Labute approximate surface area is 111 Å². The highest BCUT2D eigenvalue weighted by atomic mass is 35.5. The Bertz CT molecular complexity index is 579. The molecule has 0 aliphatic rings. The monoisotopic (exact) mass is 262 g/mol. The molecule has 0 unspecified atom stereocenters. The fourth-order valence-corrected chi connectivity index (χ4v) is 2.13. The van der Waals surface area contributed by atoms with Crippen LogP contribution in [0.15, 0.2) is 30.3 Å². The summed E-state index contributed by atoms with van der Waals surface area (Å²) in [5, 5.41) is 1.51. The molecule has 2 rings (SSSR count). The highest BCUT2D eigenvalue weighted by Gasteiger charge is 2.14. The normalized spacial score (nSPS) is 10.6. The van der Waals surface area contributed by atoms with Crippen LogP contribution in [-0.2, 0) is 0 Å². The summed E-state index contributed by atoms with van der Waals surface area (Å²) in [5.74, 6) is -0.0539. The number of rotatable bonds is 3. The molecule has 1 heterocycles. The van der Waals surface area contributed by atoms with Gasteiger partial charge in [0.1, 0.15) is 5.69 Å². The van der Waals surface area contributed by atoms with E-state index in [2.05, 4.69) is 4.98 Å². The van der Waals surface area contributed by atoms with Crippen molar-refractivity contribution in [3.05, 3.63) is 41.0 Å². The Morgan fingerprint density at radius 3 is 2.61 bits per heavy atom. The van der Waals surface area contributed by atoms with E-state index in [0.29, 0.717) is 29.3 Å². The van der Waals surface area contributed by atoms with Crippen molar-refractivity contribution in [3.63, 3.8) is 0 Å². The summed E-state index contributed by atoms with van der Waals surface area (Å²) < 4.78 is 0. The fraction of sp³-hybridized carbons (Fsp3) is 0.286. The second-order valence-corrected chi connectivity index (χ2v) is 4.39. The van der Waals surface area contributed by atoms with Crippen LogP contribution in [0.5, 0.6) is 0 Å². The summed E-state index contributed by atoms with van der Waals surface area (Å²) in [6.45, 7) is 5.26. The topological polar surface area (TPSA) is 33.2 Å². The molecule has 0 bridgehead atoms. The minimum Gasteiger partial charge on any atom is -0.338 e. The van der Waals surface area contributed by atoms with Crippen molar-refractivity contribution in [2.24, 2.45) is 0 Å². The minimum atomic E-state index is -0.0539. The molecular weight excluding hydrogens is 248 g/mol. The third-order valence-electron chi connectivity index (χ3n) is 2.94. The van der Waals surface area contributed by atoms with Crippen LogP contribution in [0.3, 0.4) is 0 Å². The molecular formula is C14H15ClN2O. The van der Waals surface area contributed by atoms with E-state index in [1.54, 1.807) is 17.0 Å². The van der Waals surface area contributed by atoms with E-state index in [-0.39, 0.29) is 5.91 Å². The summed E-state index contributed by atoms with van der Waals surface area (Å²) in [7, 11) is 0. The number of carbonyl (C=O) groups excluding carboxylic acids is 1. The first-order valence-corrected chi connectivity index (χ1v) is 6.39. The quantitative estimate of drug-likeness (QED) is 0.850. The number of pyridine rings is 1. The average Bonchev–Trinajstić information content (AvgIpc) is 2.40. The van der Waals surface area contributed by atoms with Crippen LogP contribution in [0.25, 0.3) is 10.9 Å². The number of hydrogen-bond acceptors (Lipinski definition) is 2. The van der Waals surface area contributed by atoms with E-state index in [0.717, 1.165) is 5.39 Å². The van der Waals surface area contributed by atoms with Gasteiger partial charge in [0.25, 0.3) is 5.91 Å². The van der Waals surface area contributed by atoms with Gasteiger partial charge in [0.05, 0.1) is 10.5 Å². The molecule has 0 spiro atoms. The summed E-state index contributed by atoms with van der Waals surface area (Å²) in [4.78, 5) is 18.3. The zero-order valence-corrected chi connectivity index (χ0v) is 11.2. The first-order chi connectivity index (χ1) is 8.67. The van der Waals surface area contributed by atoms with Gasteiger partial charge in [-0.05, 0) is 26.0 Å². The van der Waals surface area contributed by atoms with Crippen molar-refractivity contribution in [2.75, 3.05) is 13.1 Å². The van der Waals surface area contributed by atoms with Crippen molar-refractivity contribution in [1.82, 2.24) is 9.88 Å². The SMILES string of the molecule is CCN(CC)C(=O)c1ccc2cccc(Cl)c2n1. The van der Waals surface area contributed by atoms with Gasteiger partial charge in [-0.15, -0.1) is 0 Å². The lowest BCUT2D eigenvalue weighted by Crippen LogP contribution is -2.31. The van der Waals surface area contributed by atoms with E-state index in [1.165, 1.54) is 0 Å². The molecule has 0 fully saturated rings. The standard InChI is InChI=1S/C14H15ClN2O/c1-3-17(4-2)14(18)12-9-8-10-6-5-7-11(15)13(10)16-12/h5-9H,3-4H2,1-2H3.